The Morgan fingerprint density at radius 1 is 0.159 bits per heavy atom. The van der Waals surface area contributed by atoms with Crippen LogP contribution in [-0.2, 0) is 0 Å². The van der Waals surface area contributed by atoms with Crippen LogP contribution in [0.4, 0.5) is 49.1 Å². The summed E-state index contributed by atoms with van der Waals surface area (Å²) in [6.45, 7) is 12.8. The summed E-state index contributed by atoms with van der Waals surface area (Å²) < 4.78 is 34.2. The molecule has 10 aromatic carbocycles. The highest BCUT2D eigenvalue weighted by atomic mass is 32.2. The van der Waals surface area contributed by atoms with Crippen molar-refractivity contribution in [2.24, 2.45) is 0 Å². The van der Waals surface area contributed by atoms with Crippen molar-refractivity contribution in [3.8, 4) is 121 Å². The fourth-order valence-corrected chi connectivity index (χ4v) is 32.6. The van der Waals surface area contributed by atoms with Gasteiger partial charge in [0.25, 0.3) is 0 Å². The summed E-state index contributed by atoms with van der Waals surface area (Å²) >= 11 is 26.0. The van der Waals surface area contributed by atoms with E-state index in [-0.39, 0.29) is 0 Å². The van der Waals surface area contributed by atoms with Crippen LogP contribution in [-0.4, -0.2) is 26.2 Å². The number of aromatic nitrogens is 6. The number of aryl methyl sites for hydroxylation is 6. The van der Waals surface area contributed by atoms with E-state index in [1.165, 1.54) is 202 Å². The van der Waals surface area contributed by atoms with Gasteiger partial charge in [0.1, 0.15) is 48.1 Å². The summed E-state index contributed by atoms with van der Waals surface area (Å²) in [5.74, 6) is 0. The van der Waals surface area contributed by atoms with Crippen LogP contribution >= 0.6 is 171 Å². The molecule has 0 radical (unpaired) electrons. The van der Waals surface area contributed by atoms with Crippen molar-refractivity contribution in [2.75, 3.05) is 14.7 Å². The van der Waals surface area contributed by atoms with Crippen LogP contribution in [0.1, 0.15) is 33.4 Å². The van der Waals surface area contributed by atoms with Crippen molar-refractivity contribution in [1.82, 2.24) is 26.2 Å². The number of hydrogen-bond acceptors (Lipinski definition) is 24. The maximum Gasteiger partial charge on any atom is 0.114 e. The fourth-order valence-electron chi connectivity index (χ4n) is 17.2. The second-order valence-electron chi connectivity index (χ2n) is 32.8. The molecule has 0 aliphatic heterocycles. The maximum atomic E-state index is 5.06. The minimum absolute atomic E-state index is 0.931. The van der Waals surface area contributed by atoms with Gasteiger partial charge in [-0.15, -0.1) is 136 Å². The van der Waals surface area contributed by atoms with Gasteiger partial charge in [-0.2, -0.15) is 26.2 Å². The van der Waals surface area contributed by atoms with Crippen molar-refractivity contribution >= 4 is 284 Å². The number of rotatable bonds is 21. The Balaban J connectivity index is 0.536. The predicted molar refractivity (Wildman–Crippen MR) is 584 cm³/mol. The molecule has 0 aliphatic rings. The monoisotopic (exact) mass is 1970 g/mol. The summed E-state index contributed by atoms with van der Waals surface area (Å²) in [6, 6.07) is 115. The Morgan fingerprint density at radius 3 is 0.523 bits per heavy atom. The lowest BCUT2D eigenvalue weighted by atomic mass is 10.1. The van der Waals surface area contributed by atoms with Crippen LogP contribution in [0.25, 0.3) is 185 Å². The molecule has 0 aliphatic carbocycles. The van der Waals surface area contributed by atoms with E-state index in [0.717, 1.165) is 101 Å². The van der Waals surface area contributed by atoms with Crippen molar-refractivity contribution in [3.05, 3.63) is 343 Å². The van der Waals surface area contributed by atoms with Crippen molar-refractivity contribution in [1.29, 1.82) is 0 Å². The SMILES string of the molecule is Cc1ccc(N(c2ccc(C)cc2)c2ccc(-c3ccc(-c4ccc(-c5ccc(-c6cc7c(s6)c6cc(-c8ccc(-c9ccc(-c%10ccc(-c%11ccc(N(c%12ccc(C)cc%12)c%12ccc(C)cc%12)s%11)s%10)c%10nsnc9%10)s8)sc6c6cc(-c8ccc(-c9ccc(-c%10ccc(-c%11ccc(N(c%12ccc(C)cc%12)c%12ccc(C)cc%12)s%11)s%10)c%10nsnc9%10)s8)sc76)s5)c5nsnc45)s3)s2)cc1. The third-order valence-electron chi connectivity index (χ3n) is 24.1. The van der Waals surface area contributed by atoms with Crippen LogP contribution in [0.2, 0.25) is 0 Å². The van der Waals surface area contributed by atoms with E-state index in [2.05, 4.69) is 366 Å². The topological polar surface area (TPSA) is 87.1 Å². The fraction of sp³-hybridized carbons (Fsp3) is 0.0556. The molecular weight excluding hydrogens is 1900 g/mol. The number of hydrogen-bond donors (Lipinski definition) is 0. The zero-order chi connectivity index (χ0) is 88.1. The Bertz CT molecular complexity index is 7660. The molecule has 15 aromatic heterocycles. The molecule has 0 fully saturated rings. The van der Waals surface area contributed by atoms with E-state index in [1.54, 1.807) is 0 Å². The average molecular weight is 1970 g/mol. The number of nitrogens with zero attached hydrogens (tertiary/aromatic N) is 9. The molecule has 132 heavy (non-hydrogen) atoms. The Labute approximate surface area is 821 Å². The molecule has 25 aromatic rings. The van der Waals surface area contributed by atoms with Gasteiger partial charge in [-0.1, -0.05) is 143 Å². The molecule has 0 amide bonds. The van der Waals surface area contributed by atoms with Crippen molar-refractivity contribution < 1.29 is 0 Å². The third kappa shape index (κ3) is 14.9. The quantitative estimate of drug-likeness (QED) is 0.0698. The lowest BCUT2D eigenvalue weighted by Gasteiger charge is -2.24. The van der Waals surface area contributed by atoms with E-state index in [9.17, 15) is 0 Å². The molecule has 0 bridgehead atoms. The Kier molecular flexibility index (Phi) is 21.0. The normalized spacial score (nSPS) is 11.9. The van der Waals surface area contributed by atoms with E-state index < -0.39 is 0 Å². The number of fused-ring (bicyclic) bond motifs is 9. The average Bonchev–Trinajstić information content (AvgIpc) is 1.56. The second kappa shape index (κ2) is 33.8. The van der Waals surface area contributed by atoms with E-state index in [1.807, 2.05) is 136 Å². The van der Waals surface area contributed by atoms with Gasteiger partial charge in [0, 0.05) is 186 Å². The zero-order valence-corrected chi connectivity index (χ0v) is 83.3. The highest BCUT2D eigenvalue weighted by Gasteiger charge is 2.28. The largest absolute Gasteiger partial charge is 0.302 e. The molecule has 24 heteroatoms. The predicted octanol–water partition coefficient (Wildman–Crippen LogP) is 38.2. The van der Waals surface area contributed by atoms with Gasteiger partial charge in [0.2, 0.25) is 0 Å². The number of anilines is 9. The first-order chi connectivity index (χ1) is 64.8. The van der Waals surface area contributed by atoms with Crippen LogP contribution in [0.15, 0.2) is 309 Å². The number of benzene rings is 10. The van der Waals surface area contributed by atoms with Gasteiger partial charge in [0.15, 0.2) is 0 Å². The molecule has 15 heterocycles. The molecular formula is C108H69N9S15. The summed E-state index contributed by atoms with van der Waals surface area (Å²) in [4.78, 5) is 28.8. The maximum absolute atomic E-state index is 5.06. The summed E-state index contributed by atoms with van der Waals surface area (Å²) in [7, 11) is 0. The standard InChI is InChI=1S/C108H69N9S15/c1-58-7-19-64(20-8-58)115(65-21-9-59(2)10-22-65)97-52-49-88(124-97)85-43-37-79(118-85)70-31-34-73(103-100(70)109-130-112-103)82-40-46-91(121-82)94-55-76-106(127-94)77-56-95(92-47-41-83(122-92)74-35-32-71(101-104(74)113-131-110-101)80-38-44-86(119-80)89-50-53-98(125-89)116(66-23-11-60(3)12-24-66)67-25-13-61(4)14-26-67)129-108(77)78-57-96(128-107(76)78)93-48-42-84(123-93)75-36-33-72(102-105(75)114-132-111-102)81-39-45-87(120-81)90-51-54-99(126-90)117(68-27-15-62(5)16-28-68)69-29-17-63(6)18-30-69/h7-57H,1-6H3. The minimum atomic E-state index is 0.931. The smallest absolute Gasteiger partial charge is 0.114 e. The lowest BCUT2D eigenvalue weighted by molar-refractivity contribution is 1.29. The summed E-state index contributed by atoms with van der Waals surface area (Å²) in [5.41, 5.74) is 26.4. The van der Waals surface area contributed by atoms with Crippen LogP contribution < -0.4 is 14.7 Å². The van der Waals surface area contributed by atoms with Gasteiger partial charge in [-0.3, -0.25) is 0 Å². The highest BCUT2D eigenvalue weighted by Crippen LogP contribution is 2.57. The molecule has 25 rings (SSSR count). The molecule has 0 saturated carbocycles. The lowest BCUT2D eigenvalue weighted by Crippen LogP contribution is -2.08. The molecule has 9 nitrogen and oxygen atoms in total. The van der Waals surface area contributed by atoms with Gasteiger partial charge < -0.3 is 14.7 Å². The Hall–Kier alpha value is -11.8. The van der Waals surface area contributed by atoms with E-state index in [0.29, 0.717) is 0 Å². The van der Waals surface area contributed by atoms with Gasteiger partial charge in [-0.25, -0.2) is 0 Å². The highest BCUT2D eigenvalue weighted by molar-refractivity contribution is 7.33. The molecule has 0 unspecified atom stereocenters. The van der Waals surface area contributed by atoms with Gasteiger partial charge >= 0.3 is 0 Å². The van der Waals surface area contributed by atoms with Gasteiger partial charge in [-0.05, 0) is 242 Å². The van der Waals surface area contributed by atoms with E-state index >= 15 is 0 Å². The van der Waals surface area contributed by atoms with Gasteiger partial charge in [0.05, 0.1) is 35.2 Å². The second-order valence-corrected chi connectivity index (χ2v) is 47.3. The molecule has 636 valence electrons. The zero-order valence-electron chi connectivity index (χ0n) is 71.1. The first-order valence-corrected chi connectivity index (χ1v) is 54.7. The van der Waals surface area contributed by atoms with Crippen LogP contribution in [0.3, 0.4) is 0 Å². The first-order valence-electron chi connectivity index (χ1n) is 42.7. The van der Waals surface area contributed by atoms with Crippen molar-refractivity contribution in [3.63, 3.8) is 0 Å². The third-order valence-corrected chi connectivity index (χ3v) is 40.2. The summed E-state index contributed by atoms with van der Waals surface area (Å²) in [5, 5.41) is 7.34. The molecule has 0 N–H and O–H groups in total. The summed E-state index contributed by atoms with van der Waals surface area (Å²) in [6.07, 6.45) is 0. The molecule has 0 saturated heterocycles. The van der Waals surface area contributed by atoms with Crippen molar-refractivity contribution in [2.45, 2.75) is 41.5 Å². The minimum Gasteiger partial charge on any atom is -0.302 e. The van der Waals surface area contributed by atoms with E-state index in [4.69, 9.17) is 26.2 Å². The van der Waals surface area contributed by atoms with Crippen LogP contribution in [0, 0.1) is 41.5 Å². The van der Waals surface area contributed by atoms with Crippen LogP contribution in [0.5, 0.6) is 0 Å². The first kappa shape index (κ1) is 82.2. The molecule has 0 spiro atoms. The number of thiophene rings is 12. The molecule has 0 atom stereocenters. The Morgan fingerprint density at radius 2 is 0.326 bits per heavy atom.